The number of benzene rings is 8. The summed E-state index contributed by atoms with van der Waals surface area (Å²) < 4.78 is 11.5. The molecule has 0 aliphatic rings. The van der Waals surface area contributed by atoms with Crippen LogP contribution in [0, 0.1) is 0 Å². The first kappa shape index (κ1) is 82.9. The third kappa shape index (κ3) is 26.2. The number of hydrogen-bond acceptors (Lipinski definition) is 13. The molecule has 0 aromatic heterocycles. The van der Waals surface area contributed by atoms with Gasteiger partial charge in [-0.15, -0.1) is 25.3 Å². The number of nitrogens with zero attached hydrogens (tertiary/aromatic N) is 3. The Hall–Kier alpha value is -5.21. The first-order chi connectivity index (χ1) is 42.0. The van der Waals surface area contributed by atoms with Crippen LogP contribution in [0.1, 0.15) is 115 Å². The molecular weight excluding hydrogens is 1310 g/mol. The van der Waals surface area contributed by atoms with E-state index in [4.69, 9.17) is 45.5 Å². The van der Waals surface area contributed by atoms with Gasteiger partial charge in [0.15, 0.2) is 32.0 Å². The fourth-order valence-electron chi connectivity index (χ4n) is 8.65. The molecule has 8 rings (SSSR count). The minimum Gasteiger partial charge on any atom is -1.00 e. The maximum Gasteiger partial charge on any atom is 1.00 e. The molecule has 8 aromatic rings. The van der Waals surface area contributed by atoms with Crippen molar-refractivity contribution in [3.8, 4) is 23.0 Å². The van der Waals surface area contributed by atoms with E-state index in [0.29, 0.717) is 14.7 Å². The second kappa shape index (κ2) is 38.4. The van der Waals surface area contributed by atoms with Crippen LogP contribution in [0.3, 0.4) is 0 Å². The van der Waals surface area contributed by atoms with Crippen molar-refractivity contribution < 1.29 is 49.6 Å². The third-order valence-electron chi connectivity index (χ3n) is 14.7. The minimum absolute atomic E-state index is 0. The summed E-state index contributed by atoms with van der Waals surface area (Å²) in [5.74, 6) is 2.04. The average molecular weight is 1400 g/mol. The van der Waals surface area contributed by atoms with Gasteiger partial charge < -0.3 is 35.8 Å². The van der Waals surface area contributed by atoms with Crippen molar-refractivity contribution in [2.24, 2.45) is 0 Å². The molecule has 0 saturated carbocycles. The number of halogens is 1. The van der Waals surface area contributed by atoms with Crippen molar-refractivity contribution in [2.45, 2.75) is 110 Å². The van der Waals surface area contributed by atoms with E-state index in [1.807, 2.05) is 111 Å². The van der Waals surface area contributed by atoms with Gasteiger partial charge in [-0.05, 0) is 190 Å². The van der Waals surface area contributed by atoms with Crippen molar-refractivity contribution in [1.29, 1.82) is 0 Å². The Morgan fingerprint density at radius 2 is 0.663 bits per heavy atom. The molecule has 0 unspecified atom stereocenters. The molecular formula is C73H88AlClLiN3O6S7. The van der Waals surface area contributed by atoms with E-state index in [1.54, 1.807) is 81.0 Å². The number of thiocarbonyl (C=S) groups is 3. The van der Waals surface area contributed by atoms with E-state index < -0.39 is 0 Å². The number of thiol groups is 2. The molecule has 0 bridgehead atoms. The van der Waals surface area contributed by atoms with Gasteiger partial charge in [0.05, 0.1) is 0 Å². The second-order valence-electron chi connectivity index (χ2n) is 23.6. The molecule has 8 aromatic carbocycles. The topological polar surface area (TPSA) is 103 Å². The Balaban J connectivity index is 0.000000603. The number of amides is 1. The van der Waals surface area contributed by atoms with Gasteiger partial charge in [-0.1, -0.05) is 176 Å². The summed E-state index contributed by atoms with van der Waals surface area (Å²) >= 11 is 31.0. The molecule has 19 heteroatoms. The smallest absolute Gasteiger partial charge is 1.00 e. The fourth-order valence-corrected chi connectivity index (χ4v) is 10.4. The van der Waals surface area contributed by atoms with Crippen LogP contribution in [0.4, 0.5) is 4.79 Å². The number of carbonyl (C=O) groups excluding carboxylic acids is 2. The zero-order valence-corrected chi connectivity index (χ0v) is 61.8. The van der Waals surface area contributed by atoms with Crippen LogP contribution in [0.2, 0.25) is 0 Å². The van der Waals surface area contributed by atoms with E-state index in [9.17, 15) is 19.8 Å². The number of aromatic hydroxyl groups is 2. The molecule has 484 valence electrons. The SMILES string of the molecule is CC(=O)Sc1ccc(C(C)(C)c2ccc(SC(=O)N(C)C)cc2)cc1.CC(=S)Oc1ccc(C(C)(C)c2ccc(OC(=S)N(C)C)cc2)cc1.CC(C)(c1ccc(O)cc1)c1ccc(O)cc1.CC(C)(c1ccc(S)cc1)c1ccc(S)cc1.CN(C)C(=S)Cl.[AlH3].[H-].[Li+]. The summed E-state index contributed by atoms with van der Waals surface area (Å²) in [4.78, 5) is 31.9. The molecule has 2 N–H and O–H groups in total. The molecule has 0 fully saturated rings. The molecule has 0 aliphatic carbocycles. The predicted octanol–water partition coefficient (Wildman–Crippen LogP) is 15.4. The van der Waals surface area contributed by atoms with Crippen LogP contribution in [-0.4, -0.2) is 110 Å². The number of phenolic OH excluding ortho intramolecular Hbond substituents is 2. The van der Waals surface area contributed by atoms with E-state index in [2.05, 4.69) is 166 Å². The molecule has 0 atom stereocenters. The van der Waals surface area contributed by atoms with Crippen LogP contribution in [0.5, 0.6) is 23.0 Å². The molecule has 0 heterocycles. The normalized spacial score (nSPS) is 10.8. The molecule has 0 radical (unpaired) electrons. The number of phenols is 2. The van der Waals surface area contributed by atoms with Gasteiger partial charge in [-0.3, -0.25) is 9.59 Å². The Labute approximate surface area is 612 Å². The van der Waals surface area contributed by atoms with Gasteiger partial charge >= 0.3 is 18.9 Å². The van der Waals surface area contributed by atoms with Crippen molar-refractivity contribution >= 4 is 139 Å². The fraction of sp³-hybridized carbons (Fsp3) is 0.274. The van der Waals surface area contributed by atoms with Gasteiger partial charge in [0.2, 0.25) is 0 Å². The predicted molar refractivity (Wildman–Crippen MR) is 408 cm³/mol. The summed E-state index contributed by atoms with van der Waals surface area (Å²) in [6.45, 7) is 20.8. The Morgan fingerprint density at radius 3 is 0.902 bits per heavy atom. The minimum atomic E-state index is -0.159. The van der Waals surface area contributed by atoms with E-state index in [0.717, 1.165) is 42.2 Å². The zero-order chi connectivity index (χ0) is 67.3. The summed E-state index contributed by atoms with van der Waals surface area (Å²) in [7, 11) is 10.8. The van der Waals surface area contributed by atoms with E-state index >= 15 is 0 Å². The quantitative estimate of drug-likeness (QED) is 0.0233. The van der Waals surface area contributed by atoms with Crippen molar-refractivity contribution in [3.63, 3.8) is 0 Å². The second-order valence-corrected chi connectivity index (χ2v) is 28.8. The van der Waals surface area contributed by atoms with Crippen LogP contribution in [0.15, 0.2) is 214 Å². The van der Waals surface area contributed by atoms with Gasteiger partial charge in [-0.25, -0.2) is 0 Å². The Morgan fingerprint density at radius 1 is 0.424 bits per heavy atom. The average Bonchev–Trinajstić information content (AvgIpc) is 0.858. The number of thioether (sulfide) groups is 2. The molecule has 9 nitrogen and oxygen atoms in total. The van der Waals surface area contributed by atoms with E-state index in [-0.39, 0.29) is 81.2 Å². The summed E-state index contributed by atoms with van der Waals surface area (Å²) in [6.07, 6.45) is 0. The van der Waals surface area contributed by atoms with Crippen LogP contribution < -0.4 is 28.3 Å². The van der Waals surface area contributed by atoms with Crippen molar-refractivity contribution in [2.75, 3.05) is 42.3 Å². The van der Waals surface area contributed by atoms with Gasteiger partial charge in [-0.2, -0.15) is 0 Å². The number of hydrogen-bond donors (Lipinski definition) is 4. The van der Waals surface area contributed by atoms with Crippen molar-refractivity contribution in [3.05, 3.63) is 239 Å². The number of rotatable bonds is 12. The van der Waals surface area contributed by atoms with Gasteiger partial charge in [0.25, 0.3) is 10.4 Å². The monoisotopic (exact) mass is 1400 g/mol. The third-order valence-corrected chi connectivity index (χ3v) is 18.3. The summed E-state index contributed by atoms with van der Waals surface area (Å²) in [6, 6.07) is 63.4. The molecule has 1 amide bonds. The van der Waals surface area contributed by atoms with Crippen LogP contribution >= 0.6 is 97.0 Å². The first-order valence-corrected chi connectivity index (χ1v) is 32.8. The molecule has 0 spiro atoms. The zero-order valence-electron chi connectivity index (χ0n) is 56.2. The molecule has 0 saturated heterocycles. The molecule has 92 heavy (non-hydrogen) atoms. The maximum atomic E-state index is 11.8. The first-order valence-electron chi connectivity index (χ1n) is 28.7. The van der Waals surface area contributed by atoms with Gasteiger partial charge in [0, 0.05) is 97.4 Å². The summed E-state index contributed by atoms with van der Waals surface area (Å²) in [5, 5.41) is 19.7. The maximum absolute atomic E-state index is 11.8. The van der Waals surface area contributed by atoms with Crippen molar-refractivity contribution in [1.82, 2.24) is 14.7 Å². The van der Waals surface area contributed by atoms with E-state index in [1.165, 1.54) is 56.9 Å². The number of carbonyl (C=O) groups is 2. The Bertz CT molecular complexity index is 3290. The largest absolute Gasteiger partial charge is 1.00 e. The molecule has 0 aliphatic heterocycles. The standard InChI is InChI=1S/2C20H23NO2S2.C15H16O2.C15H16S2.C3H6ClNS.Al.Li.4H/c1-14(22)24-17-10-6-15(7-11-17)20(2,3)16-8-12-18(13-9-16)25-19(23)21(4)5;1-14(24)22-17-10-6-15(7-11-17)20(2,3)16-8-12-18(13-9-16)23-19(25)21(4)5;2*1-15(2,11-3-7-13(16)8-4-11)12-5-9-14(17)10-6-12;1-5(2)3(4)6;;;;;;/h2*6-13H,1-5H3;2*3-10,16-17H,1-2H3;1-2H3;;;;;;/q;;;;;;+1;;;;-1. The number of ether oxygens (including phenoxy) is 2. The van der Waals surface area contributed by atoms with Crippen LogP contribution in [-0.2, 0) is 26.5 Å². The van der Waals surface area contributed by atoms with Crippen LogP contribution in [0.25, 0.3) is 0 Å². The summed E-state index contributed by atoms with van der Waals surface area (Å²) in [5.41, 5.74) is 9.14. The van der Waals surface area contributed by atoms with Gasteiger partial charge in [0.1, 0.15) is 23.0 Å². The Kier molecular flexibility index (Phi) is 34.6.